The molecule has 0 aliphatic rings. The molecule has 0 radical (unpaired) electrons. The predicted octanol–water partition coefficient (Wildman–Crippen LogP) is 4.41. The van der Waals surface area contributed by atoms with Gasteiger partial charge < -0.3 is 5.32 Å². The average Bonchev–Trinajstić information content (AvgIpc) is 2.18. The van der Waals surface area contributed by atoms with Gasteiger partial charge in [0.05, 0.1) is 0 Å². The Morgan fingerprint density at radius 2 is 1.67 bits per heavy atom. The van der Waals surface area contributed by atoms with Crippen LogP contribution >= 0.6 is 0 Å². The van der Waals surface area contributed by atoms with Gasteiger partial charge in [-0.25, -0.2) is 0 Å². The van der Waals surface area contributed by atoms with Crippen molar-refractivity contribution in [2.75, 3.05) is 5.32 Å². The maximum atomic E-state index is 3.51. The third-order valence-corrected chi connectivity index (χ3v) is 2.71. The fourth-order valence-corrected chi connectivity index (χ4v) is 1.75. The molecule has 0 saturated heterocycles. The molecule has 1 aromatic rings. The van der Waals surface area contributed by atoms with E-state index in [0.717, 1.165) is 0 Å². The van der Waals surface area contributed by atoms with Crippen LogP contribution in [0.5, 0.6) is 0 Å². The zero-order valence-corrected chi connectivity index (χ0v) is 10.4. The Labute approximate surface area is 93.9 Å². The molecule has 0 fully saturated rings. The van der Waals surface area contributed by atoms with Crippen molar-refractivity contribution < 1.29 is 0 Å². The Bertz CT molecular complexity index is 274. The van der Waals surface area contributed by atoms with Gasteiger partial charge in [-0.2, -0.15) is 0 Å². The summed E-state index contributed by atoms with van der Waals surface area (Å²) in [6, 6.07) is 9.36. The summed E-state index contributed by atoms with van der Waals surface area (Å²) in [5.74, 6) is 0.618. The zero-order valence-electron chi connectivity index (χ0n) is 10.4. The summed E-state index contributed by atoms with van der Waals surface area (Å²) >= 11 is 0. The van der Waals surface area contributed by atoms with Gasteiger partial charge in [-0.15, -0.1) is 0 Å². The molecule has 0 bridgehead atoms. The molecule has 1 unspecified atom stereocenters. The van der Waals surface area contributed by atoms with Gasteiger partial charge in [-0.05, 0) is 37.0 Å². The zero-order chi connectivity index (χ0) is 11.3. The minimum atomic E-state index is 0.569. The molecule has 1 rings (SSSR count). The highest BCUT2D eigenvalue weighted by Crippen LogP contribution is 2.18. The van der Waals surface area contributed by atoms with E-state index in [1.54, 1.807) is 0 Å². The van der Waals surface area contributed by atoms with Gasteiger partial charge in [0.1, 0.15) is 0 Å². The molecular weight excluding hydrogens is 182 g/mol. The molecule has 0 saturated carbocycles. The summed E-state index contributed by atoms with van der Waals surface area (Å²) in [4.78, 5) is 0. The molecule has 0 aromatic heterocycles. The number of hydrogen-bond donors (Lipinski definition) is 1. The lowest BCUT2D eigenvalue weighted by Crippen LogP contribution is -2.14. The first-order valence-electron chi connectivity index (χ1n) is 6.00. The van der Waals surface area contributed by atoms with E-state index in [1.165, 1.54) is 24.1 Å². The van der Waals surface area contributed by atoms with Crippen LogP contribution in [-0.4, -0.2) is 6.04 Å². The lowest BCUT2D eigenvalue weighted by Gasteiger charge is -2.15. The van der Waals surface area contributed by atoms with Gasteiger partial charge in [0.2, 0.25) is 0 Å². The van der Waals surface area contributed by atoms with E-state index in [2.05, 4.69) is 57.3 Å². The van der Waals surface area contributed by atoms with Crippen molar-refractivity contribution in [1.82, 2.24) is 0 Å². The summed E-state index contributed by atoms with van der Waals surface area (Å²) in [7, 11) is 0. The van der Waals surface area contributed by atoms with E-state index < -0.39 is 0 Å². The lowest BCUT2D eigenvalue weighted by molar-refractivity contribution is 0.690. The minimum Gasteiger partial charge on any atom is -0.383 e. The molecule has 1 heteroatoms. The molecule has 1 nitrogen and oxygen atoms in total. The van der Waals surface area contributed by atoms with E-state index in [4.69, 9.17) is 0 Å². The molecule has 0 aliphatic carbocycles. The van der Waals surface area contributed by atoms with E-state index >= 15 is 0 Å². The largest absolute Gasteiger partial charge is 0.383 e. The van der Waals surface area contributed by atoms with Crippen molar-refractivity contribution in [1.29, 1.82) is 0 Å². The molecule has 1 atom stereocenters. The van der Waals surface area contributed by atoms with Crippen molar-refractivity contribution in [3.8, 4) is 0 Å². The molecular formula is C14H23N. The normalized spacial score (nSPS) is 12.9. The molecule has 1 aromatic carbocycles. The maximum absolute atomic E-state index is 3.51. The first kappa shape index (κ1) is 12.1. The van der Waals surface area contributed by atoms with Crippen molar-refractivity contribution in [3.63, 3.8) is 0 Å². The molecule has 0 aliphatic heterocycles. The molecule has 0 heterocycles. The van der Waals surface area contributed by atoms with Crippen molar-refractivity contribution >= 4 is 5.69 Å². The Kier molecular flexibility index (Phi) is 4.67. The first-order valence-corrected chi connectivity index (χ1v) is 6.00. The highest BCUT2D eigenvalue weighted by atomic mass is 14.9. The van der Waals surface area contributed by atoms with Crippen LogP contribution in [0.1, 0.15) is 52.0 Å². The van der Waals surface area contributed by atoms with E-state index in [0.29, 0.717) is 12.0 Å². The lowest BCUT2D eigenvalue weighted by atomic mass is 10.0. The Hall–Kier alpha value is -0.980. The van der Waals surface area contributed by atoms with Crippen LogP contribution in [0, 0.1) is 0 Å². The van der Waals surface area contributed by atoms with E-state index in [1.807, 2.05) is 0 Å². The minimum absolute atomic E-state index is 0.569. The summed E-state index contributed by atoms with van der Waals surface area (Å²) in [6.07, 6.45) is 2.46. The molecule has 1 N–H and O–H groups in total. The smallest absolute Gasteiger partial charge is 0.0342 e. The summed E-state index contributed by atoms with van der Waals surface area (Å²) in [5, 5.41) is 3.51. The summed E-state index contributed by atoms with van der Waals surface area (Å²) in [6.45, 7) is 8.91. The quantitative estimate of drug-likeness (QED) is 0.750. The highest BCUT2D eigenvalue weighted by Gasteiger charge is 2.01. The third-order valence-electron chi connectivity index (χ3n) is 2.71. The Morgan fingerprint density at radius 1 is 1.07 bits per heavy atom. The van der Waals surface area contributed by atoms with Crippen LogP contribution in [-0.2, 0) is 0 Å². The van der Waals surface area contributed by atoms with Crippen LogP contribution in [0.25, 0.3) is 0 Å². The second-order valence-electron chi connectivity index (χ2n) is 4.61. The predicted molar refractivity (Wildman–Crippen MR) is 68.5 cm³/mol. The summed E-state index contributed by atoms with van der Waals surface area (Å²) < 4.78 is 0. The topological polar surface area (TPSA) is 12.0 Å². The van der Waals surface area contributed by atoms with Crippen LogP contribution in [0.4, 0.5) is 5.69 Å². The second kappa shape index (κ2) is 5.79. The van der Waals surface area contributed by atoms with Gasteiger partial charge in [-0.3, -0.25) is 0 Å². The van der Waals surface area contributed by atoms with Crippen LogP contribution in [0.3, 0.4) is 0 Å². The maximum Gasteiger partial charge on any atom is 0.0342 e. The Morgan fingerprint density at radius 3 is 2.13 bits per heavy atom. The van der Waals surface area contributed by atoms with Gasteiger partial charge in [0.25, 0.3) is 0 Å². The van der Waals surface area contributed by atoms with Crippen LogP contribution < -0.4 is 5.32 Å². The second-order valence-corrected chi connectivity index (χ2v) is 4.61. The highest BCUT2D eigenvalue weighted by molar-refractivity contribution is 5.45. The van der Waals surface area contributed by atoms with E-state index in [-0.39, 0.29) is 0 Å². The fourth-order valence-electron chi connectivity index (χ4n) is 1.75. The number of nitrogens with one attached hydrogen (secondary N) is 1. The van der Waals surface area contributed by atoms with Crippen LogP contribution in [0.15, 0.2) is 24.3 Å². The molecule has 15 heavy (non-hydrogen) atoms. The number of anilines is 1. The van der Waals surface area contributed by atoms with Crippen molar-refractivity contribution in [3.05, 3.63) is 29.8 Å². The number of benzene rings is 1. The number of rotatable bonds is 5. The monoisotopic (exact) mass is 205 g/mol. The van der Waals surface area contributed by atoms with E-state index in [9.17, 15) is 0 Å². The van der Waals surface area contributed by atoms with Crippen LogP contribution in [0.2, 0.25) is 0 Å². The van der Waals surface area contributed by atoms with Gasteiger partial charge in [-0.1, -0.05) is 39.3 Å². The molecule has 0 amide bonds. The third kappa shape index (κ3) is 3.94. The standard InChI is InChI=1S/C14H23N/c1-5-6-12(4)15-14-9-7-13(8-10-14)11(2)3/h7-12,15H,5-6H2,1-4H3. The molecule has 84 valence electrons. The average molecular weight is 205 g/mol. The Balaban J connectivity index is 2.56. The van der Waals surface area contributed by atoms with Gasteiger partial charge in [0, 0.05) is 11.7 Å². The van der Waals surface area contributed by atoms with Gasteiger partial charge in [0.15, 0.2) is 0 Å². The fraction of sp³-hybridized carbons (Fsp3) is 0.571. The SMILES string of the molecule is CCCC(C)Nc1ccc(C(C)C)cc1. The molecule has 0 spiro atoms. The first-order chi connectivity index (χ1) is 7.13. The van der Waals surface area contributed by atoms with Gasteiger partial charge >= 0.3 is 0 Å². The van der Waals surface area contributed by atoms with Crippen molar-refractivity contribution in [2.24, 2.45) is 0 Å². The number of hydrogen-bond acceptors (Lipinski definition) is 1. The van der Waals surface area contributed by atoms with Crippen molar-refractivity contribution in [2.45, 2.75) is 52.5 Å². The summed E-state index contributed by atoms with van der Waals surface area (Å²) in [5.41, 5.74) is 2.64.